The van der Waals surface area contributed by atoms with E-state index in [2.05, 4.69) is 31.1 Å². The summed E-state index contributed by atoms with van der Waals surface area (Å²) in [5, 5.41) is 4.09. The quantitative estimate of drug-likeness (QED) is 0.746. The highest BCUT2D eigenvalue weighted by Crippen LogP contribution is 2.31. The number of methoxy groups -OCH3 is 1. The zero-order chi connectivity index (χ0) is 19.6. The van der Waals surface area contributed by atoms with Gasteiger partial charge in [0.25, 0.3) is 0 Å². The molecule has 0 saturated carbocycles. The van der Waals surface area contributed by atoms with E-state index in [0.29, 0.717) is 6.54 Å². The van der Waals surface area contributed by atoms with Gasteiger partial charge in [0, 0.05) is 40.6 Å². The van der Waals surface area contributed by atoms with Gasteiger partial charge in [-0.15, -0.1) is 0 Å². The van der Waals surface area contributed by atoms with Crippen molar-refractivity contribution in [1.82, 2.24) is 10.3 Å². The summed E-state index contributed by atoms with van der Waals surface area (Å²) in [5.74, 6) is -0.425. The third-order valence-corrected chi connectivity index (χ3v) is 5.27. The summed E-state index contributed by atoms with van der Waals surface area (Å²) in [5.41, 5.74) is 1.96. The molecule has 1 atom stereocenters. The molecule has 1 saturated heterocycles. The lowest BCUT2D eigenvalue weighted by Crippen LogP contribution is -2.48. The Morgan fingerprint density at radius 1 is 1.33 bits per heavy atom. The number of fused-ring (bicyclic) bond motifs is 1. The number of rotatable bonds is 4. The predicted octanol–water partition coefficient (Wildman–Crippen LogP) is 3.52. The number of piperidine rings is 1. The van der Waals surface area contributed by atoms with Gasteiger partial charge in [-0.05, 0) is 37.1 Å². The first-order chi connectivity index (χ1) is 12.9. The van der Waals surface area contributed by atoms with Gasteiger partial charge in [-0.3, -0.25) is 4.79 Å². The molecule has 1 aromatic heterocycles. The topological polar surface area (TPSA) is 71.5 Å². The summed E-state index contributed by atoms with van der Waals surface area (Å²) in [6.07, 6.45) is 1.92. The molecule has 6 nitrogen and oxygen atoms in total. The van der Waals surface area contributed by atoms with E-state index < -0.39 is 5.97 Å². The van der Waals surface area contributed by atoms with Crippen LogP contribution in [0.4, 0.5) is 5.69 Å². The van der Waals surface area contributed by atoms with Crippen molar-refractivity contribution < 1.29 is 14.3 Å². The van der Waals surface area contributed by atoms with Crippen LogP contribution in [-0.4, -0.2) is 43.1 Å². The number of carbonyl (C=O) groups excluding carboxylic acids is 2. The third kappa shape index (κ3) is 4.40. The maximum atomic E-state index is 12.1. The maximum absolute atomic E-state index is 12.1. The Labute approximate surface area is 167 Å². The molecular formula is C20H24BrN3O3. The number of pyridine rings is 1. The van der Waals surface area contributed by atoms with Crippen molar-refractivity contribution in [2.24, 2.45) is 5.92 Å². The van der Waals surface area contributed by atoms with Gasteiger partial charge in [0.05, 0.1) is 12.6 Å². The molecule has 2 heterocycles. The Bertz CT molecular complexity index is 869. The van der Waals surface area contributed by atoms with E-state index in [1.165, 1.54) is 7.11 Å². The molecule has 1 amide bonds. The number of hydrogen-bond acceptors (Lipinski definition) is 5. The number of carbonyl (C=O) groups is 2. The van der Waals surface area contributed by atoms with Crippen LogP contribution in [0.1, 0.15) is 37.2 Å². The maximum Gasteiger partial charge on any atom is 0.356 e. The van der Waals surface area contributed by atoms with E-state index in [1.807, 2.05) is 32.0 Å². The number of anilines is 1. The van der Waals surface area contributed by atoms with Gasteiger partial charge in [0.15, 0.2) is 5.69 Å². The average Bonchev–Trinajstić information content (AvgIpc) is 2.66. The van der Waals surface area contributed by atoms with Gasteiger partial charge in [0.1, 0.15) is 0 Å². The summed E-state index contributed by atoms with van der Waals surface area (Å²) in [6, 6.07) is 7.67. The number of nitrogens with one attached hydrogen (secondary N) is 1. The smallest absolute Gasteiger partial charge is 0.356 e. The molecule has 3 rings (SSSR count). The van der Waals surface area contributed by atoms with Crippen molar-refractivity contribution in [2.45, 2.75) is 32.7 Å². The molecule has 0 spiro atoms. The van der Waals surface area contributed by atoms with Crippen LogP contribution < -0.4 is 10.2 Å². The molecule has 0 radical (unpaired) electrons. The van der Waals surface area contributed by atoms with Crippen molar-refractivity contribution in [1.29, 1.82) is 0 Å². The van der Waals surface area contributed by atoms with Crippen molar-refractivity contribution in [3.63, 3.8) is 0 Å². The molecule has 144 valence electrons. The molecule has 1 aliphatic heterocycles. The average molecular weight is 434 g/mol. The zero-order valence-electron chi connectivity index (χ0n) is 15.8. The highest BCUT2D eigenvalue weighted by atomic mass is 79.9. The number of ether oxygens (including phenoxy) is 1. The van der Waals surface area contributed by atoms with E-state index in [4.69, 9.17) is 4.74 Å². The lowest BCUT2D eigenvalue weighted by Gasteiger charge is -2.35. The van der Waals surface area contributed by atoms with Crippen LogP contribution in [0.25, 0.3) is 10.9 Å². The third-order valence-electron chi connectivity index (χ3n) is 4.78. The highest BCUT2D eigenvalue weighted by Gasteiger charge is 2.25. The molecule has 1 fully saturated rings. The van der Waals surface area contributed by atoms with Gasteiger partial charge in [-0.2, -0.15) is 0 Å². The predicted molar refractivity (Wildman–Crippen MR) is 109 cm³/mol. The van der Waals surface area contributed by atoms with Crippen LogP contribution in [-0.2, 0) is 9.53 Å². The molecule has 0 aliphatic carbocycles. The minimum Gasteiger partial charge on any atom is -0.464 e. The van der Waals surface area contributed by atoms with Gasteiger partial charge in [-0.25, -0.2) is 9.78 Å². The molecule has 7 heteroatoms. The van der Waals surface area contributed by atoms with Crippen LogP contribution in [0.2, 0.25) is 0 Å². The van der Waals surface area contributed by atoms with E-state index in [9.17, 15) is 9.59 Å². The Hall–Kier alpha value is -2.15. The SMILES string of the molecule is COC(=O)c1cc(N2CCCC(NC(=O)C(C)C)C2)c2cc(Br)ccc2n1. The molecule has 1 N–H and O–H groups in total. The van der Waals surface area contributed by atoms with E-state index in [-0.39, 0.29) is 23.6 Å². The Balaban J connectivity index is 1.97. The van der Waals surface area contributed by atoms with E-state index in [1.54, 1.807) is 6.07 Å². The summed E-state index contributed by atoms with van der Waals surface area (Å²) >= 11 is 3.52. The first-order valence-corrected chi connectivity index (χ1v) is 9.92. The van der Waals surface area contributed by atoms with Crippen molar-refractivity contribution in [2.75, 3.05) is 25.1 Å². The number of amides is 1. The van der Waals surface area contributed by atoms with E-state index >= 15 is 0 Å². The summed E-state index contributed by atoms with van der Waals surface area (Å²) in [7, 11) is 1.35. The van der Waals surface area contributed by atoms with Gasteiger partial charge >= 0.3 is 5.97 Å². The van der Waals surface area contributed by atoms with Crippen molar-refractivity contribution >= 4 is 44.4 Å². The highest BCUT2D eigenvalue weighted by molar-refractivity contribution is 9.10. The van der Waals surface area contributed by atoms with Crippen LogP contribution in [0.3, 0.4) is 0 Å². The van der Waals surface area contributed by atoms with Gasteiger partial charge in [-0.1, -0.05) is 29.8 Å². The number of halogens is 1. The minimum atomic E-state index is -0.456. The number of esters is 1. The Morgan fingerprint density at radius 3 is 2.81 bits per heavy atom. The van der Waals surface area contributed by atoms with Crippen LogP contribution >= 0.6 is 15.9 Å². The lowest BCUT2D eigenvalue weighted by atomic mass is 10.0. The lowest BCUT2D eigenvalue weighted by molar-refractivity contribution is -0.124. The van der Waals surface area contributed by atoms with Crippen LogP contribution in [0.15, 0.2) is 28.7 Å². The van der Waals surface area contributed by atoms with Crippen molar-refractivity contribution in [3.8, 4) is 0 Å². The largest absolute Gasteiger partial charge is 0.464 e. The second kappa shape index (κ2) is 8.25. The van der Waals surface area contributed by atoms with Crippen LogP contribution in [0, 0.1) is 5.92 Å². The molecule has 1 aromatic carbocycles. The second-order valence-corrected chi connectivity index (χ2v) is 8.04. The molecule has 0 bridgehead atoms. The Morgan fingerprint density at radius 2 is 2.11 bits per heavy atom. The fraction of sp³-hybridized carbons (Fsp3) is 0.450. The zero-order valence-corrected chi connectivity index (χ0v) is 17.4. The fourth-order valence-electron chi connectivity index (χ4n) is 3.33. The van der Waals surface area contributed by atoms with Gasteiger partial charge < -0.3 is 15.0 Å². The van der Waals surface area contributed by atoms with Crippen molar-refractivity contribution in [3.05, 3.63) is 34.4 Å². The van der Waals surface area contributed by atoms with E-state index in [0.717, 1.165) is 40.4 Å². The Kier molecular flexibility index (Phi) is 5.99. The number of benzene rings is 1. The summed E-state index contributed by atoms with van der Waals surface area (Å²) in [4.78, 5) is 30.8. The molecule has 27 heavy (non-hydrogen) atoms. The number of hydrogen-bond donors (Lipinski definition) is 1. The standard InChI is InChI=1S/C20H24BrN3O3/c1-12(2)19(25)22-14-5-4-8-24(11-14)18-10-17(20(26)27-3)23-16-7-6-13(21)9-15(16)18/h6-7,9-10,12,14H,4-5,8,11H2,1-3H3,(H,22,25). The summed E-state index contributed by atoms with van der Waals surface area (Å²) < 4.78 is 5.81. The first-order valence-electron chi connectivity index (χ1n) is 9.13. The van der Waals surface area contributed by atoms with Gasteiger partial charge in [0.2, 0.25) is 5.91 Å². The molecule has 1 aliphatic rings. The summed E-state index contributed by atoms with van der Waals surface area (Å²) in [6.45, 7) is 5.35. The number of aromatic nitrogens is 1. The van der Waals surface area contributed by atoms with Crippen LogP contribution in [0.5, 0.6) is 0 Å². The fourth-order valence-corrected chi connectivity index (χ4v) is 3.69. The number of nitrogens with zero attached hydrogens (tertiary/aromatic N) is 2. The molecule has 1 unspecified atom stereocenters. The second-order valence-electron chi connectivity index (χ2n) is 7.13. The molecule has 2 aromatic rings. The first kappa shape index (κ1) is 19.6. The molecular weight excluding hydrogens is 410 g/mol. The minimum absolute atomic E-state index is 0.0379. The monoisotopic (exact) mass is 433 g/mol. The normalized spacial score (nSPS) is 17.2.